The lowest BCUT2D eigenvalue weighted by Gasteiger charge is -2.26. The van der Waals surface area contributed by atoms with Crippen LogP contribution < -0.4 is 0 Å². The number of carbonyl (C=O) groups excluding carboxylic acids is 2. The third-order valence-electron chi connectivity index (χ3n) is 4.11. The van der Waals surface area contributed by atoms with Gasteiger partial charge in [0.05, 0.1) is 26.4 Å². The van der Waals surface area contributed by atoms with Crippen LogP contribution in [0.5, 0.6) is 0 Å². The Hall–Kier alpha value is -1.72. The van der Waals surface area contributed by atoms with Crippen LogP contribution >= 0.6 is 0 Å². The molecule has 6 nitrogen and oxygen atoms in total. The predicted molar refractivity (Wildman–Crippen MR) is 73.7 cm³/mol. The van der Waals surface area contributed by atoms with E-state index in [0.717, 1.165) is 6.42 Å². The highest BCUT2D eigenvalue weighted by Gasteiger charge is 2.45. The van der Waals surface area contributed by atoms with Crippen molar-refractivity contribution in [3.8, 4) is 0 Å². The molecule has 118 valence electrons. The normalized spacial score (nSPS) is 29.2. The van der Waals surface area contributed by atoms with E-state index in [-0.39, 0.29) is 11.8 Å². The standard InChI is InChI=1S/C15H22O6/c1-3-18-14(16)20-8-12-10-5-6-11(7-10)13(12)9-21-15(17)19-4-2/h5-6,10-13H,3-4,7-9H2,1-2H3. The summed E-state index contributed by atoms with van der Waals surface area (Å²) in [6, 6.07) is 0. The van der Waals surface area contributed by atoms with Crippen molar-refractivity contribution in [2.75, 3.05) is 26.4 Å². The molecule has 0 aromatic heterocycles. The minimum Gasteiger partial charge on any atom is -0.435 e. The topological polar surface area (TPSA) is 71.1 Å². The van der Waals surface area contributed by atoms with Crippen LogP contribution in [0.15, 0.2) is 12.2 Å². The van der Waals surface area contributed by atoms with E-state index in [9.17, 15) is 9.59 Å². The van der Waals surface area contributed by atoms with Gasteiger partial charge in [0.1, 0.15) is 0 Å². The second kappa shape index (κ2) is 7.33. The zero-order valence-electron chi connectivity index (χ0n) is 12.4. The second-order valence-electron chi connectivity index (χ2n) is 5.26. The Bertz CT molecular complexity index is 369. The first-order valence-corrected chi connectivity index (χ1v) is 7.43. The van der Waals surface area contributed by atoms with Crippen LogP contribution in [-0.2, 0) is 18.9 Å². The van der Waals surface area contributed by atoms with Gasteiger partial charge in [-0.1, -0.05) is 12.2 Å². The van der Waals surface area contributed by atoms with Crippen LogP contribution in [0.4, 0.5) is 9.59 Å². The van der Waals surface area contributed by atoms with Gasteiger partial charge < -0.3 is 18.9 Å². The van der Waals surface area contributed by atoms with Crippen molar-refractivity contribution in [3.63, 3.8) is 0 Å². The summed E-state index contributed by atoms with van der Waals surface area (Å²) >= 11 is 0. The summed E-state index contributed by atoms with van der Waals surface area (Å²) in [5, 5.41) is 0. The molecule has 1 saturated carbocycles. The summed E-state index contributed by atoms with van der Waals surface area (Å²) in [6.45, 7) is 4.65. The molecule has 2 aliphatic carbocycles. The van der Waals surface area contributed by atoms with Gasteiger partial charge in [-0.2, -0.15) is 0 Å². The lowest BCUT2D eigenvalue weighted by atomic mass is 9.84. The summed E-state index contributed by atoms with van der Waals surface area (Å²) in [6.07, 6.45) is 4.05. The fourth-order valence-corrected chi connectivity index (χ4v) is 3.17. The maximum Gasteiger partial charge on any atom is 0.508 e. The smallest absolute Gasteiger partial charge is 0.435 e. The van der Waals surface area contributed by atoms with Gasteiger partial charge >= 0.3 is 12.3 Å². The molecule has 2 bridgehead atoms. The van der Waals surface area contributed by atoms with Crippen molar-refractivity contribution in [2.24, 2.45) is 23.7 Å². The molecule has 4 unspecified atom stereocenters. The number of allylic oxidation sites excluding steroid dienone is 2. The molecule has 0 radical (unpaired) electrons. The van der Waals surface area contributed by atoms with E-state index in [1.165, 1.54) is 0 Å². The molecular weight excluding hydrogens is 276 g/mol. The SMILES string of the molecule is CCOC(=O)OCC1C2C=CC(C2)C1COC(=O)OCC. The Morgan fingerprint density at radius 2 is 1.29 bits per heavy atom. The van der Waals surface area contributed by atoms with Crippen molar-refractivity contribution in [2.45, 2.75) is 20.3 Å². The van der Waals surface area contributed by atoms with Crippen LogP contribution in [0.2, 0.25) is 0 Å². The van der Waals surface area contributed by atoms with E-state index < -0.39 is 12.3 Å². The molecule has 0 heterocycles. The van der Waals surface area contributed by atoms with E-state index in [2.05, 4.69) is 12.2 Å². The molecule has 0 saturated heterocycles. The molecule has 0 aromatic rings. The fraction of sp³-hybridized carbons (Fsp3) is 0.733. The first-order chi connectivity index (χ1) is 10.2. The molecule has 0 N–H and O–H groups in total. The lowest BCUT2D eigenvalue weighted by molar-refractivity contribution is 0.0136. The molecule has 1 fully saturated rings. The predicted octanol–water partition coefficient (Wildman–Crippen LogP) is 2.77. The summed E-state index contributed by atoms with van der Waals surface area (Å²) in [4.78, 5) is 22.6. The minimum atomic E-state index is -0.644. The van der Waals surface area contributed by atoms with Crippen molar-refractivity contribution in [1.82, 2.24) is 0 Å². The van der Waals surface area contributed by atoms with Gasteiger partial charge in [-0.05, 0) is 32.1 Å². The van der Waals surface area contributed by atoms with Crippen molar-refractivity contribution in [3.05, 3.63) is 12.2 Å². The van der Waals surface area contributed by atoms with E-state index in [1.807, 2.05) is 0 Å². The summed E-state index contributed by atoms with van der Waals surface area (Å²) in [5.41, 5.74) is 0. The summed E-state index contributed by atoms with van der Waals surface area (Å²) in [7, 11) is 0. The van der Waals surface area contributed by atoms with E-state index >= 15 is 0 Å². The number of rotatable bonds is 6. The number of hydrogen-bond acceptors (Lipinski definition) is 6. The van der Waals surface area contributed by atoms with Crippen LogP contribution in [-0.4, -0.2) is 38.7 Å². The zero-order chi connectivity index (χ0) is 15.2. The molecule has 21 heavy (non-hydrogen) atoms. The van der Waals surface area contributed by atoms with Crippen LogP contribution in [0.3, 0.4) is 0 Å². The number of hydrogen-bond donors (Lipinski definition) is 0. The van der Waals surface area contributed by atoms with Crippen molar-refractivity contribution in [1.29, 1.82) is 0 Å². The first-order valence-electron chi connectivity index (χ1n) is 7.43. The fourth-order valence-electron chi connectivity index (χ4n) is 3.17. The van der Waals surface area contributed by atoms with Gasteiger partial charge in [-0.25, -0.2) is 9.59 Å². The molecule has 0 amide bonds. The number of ether oxygens (including phenoxy) is 4. The second-order valence-corrected chi connectivity index (χ2v) is 5.26. The first kappa shape index (κ1) is 15.7. The minimum absolute atomic E-state index is 0.166. The van der Waals surface area contributed by atoms with E-state index in [4.69, 9.17) is 18.9 Å². The number of carbonyl (C=O) groups is 2. The molecule has 6 heteroatoms. The van der Waals surface area contributed by atoms with Crippen molar-refractivity contribution >= 4 is 12.3 Å². The van der Waals surface area contributed by atoms with Gasteiger partial charge in [0, 0.05) is 11.8 Å². The van der Waals surface area contributed by atoms with Crippen molar-refractivity contribution < 1.29 is 28.5 Å². The number of fused-ring (bicyclic) bond motifs is 2. The average Bonchev–Trinajstić information content (AvgIpc) is 3.04. The van der Waals surface area contributed by atoms with Crippen LogP contribution in [0, 0.1) is 23.7 Å². The van der Waals surface area contributed by atoms with Gasteiger partial charge in [0.25, 0.3) is 0 Å². The van der Waals surface area contributed by atoms with Gasteiger partial charge in [-0.15, -0.1) is 0 Å². The monoisotopic (exact) mass is 298 g/mol. The average molecular weight is 298 g/mol. The summed E-state index contributed by atoms with van der Waals surface area (Å²) in [5.74, 6) is 1.08. The highest BCUT2D eigenvalue weighted by atomic mass is 16.7. The van der Waals surface area contributed by atoms with Crippen LogP contribution in [0.1, 0.15) is 20.3 Å². The molecule has 2 aliphatic rings. The molecule has 2 rings (SSSR count). The maximum absolute atomic E-state index is 11.3. The molecule has 4 atom stereocenters. The Labute approximate surface area is 124 Å². The summed E-state index contributed by atoms with van der Waals surface area (Å²) < 4.78 is 19.8. The molecular formula is C15H22O6. The molecule has 0 aliphatic heterocycles. The van der Waals surface area contributed by atoms with Gasteiger partial charge in [-0.3, -0.25) is 0 Å². The Balaban J connectivity index is 1.84. The van der Waals surface area contributed by atoms with E-state index in [0.29, 0.717) is 38.3 Å². The quantitative estimate of drug-likeness (QED) is 0.554. The highest BCUT2D eigenvalue weighted by molar-refractivity contribution is 5.60. The highest BCUT2D eigenvalue weighted by Crippen LogP contribution is 2.48. The van der Waals surface area contributed by atoms with Crippen LogP contribution in [0.25, 0.3) is 0 Å². The Morgan fingerprint density at radius 1 is 0.857 bits per heavy atom. The molecule has 0 spiro atoms. The van der Waals surface area contributed by atoms with Gasteiger partial charge in [0.15, 0.2) is 0 Å². The molecule has 0 aromatic carbocycles. The largest absolute Gasteiger partial charge is 0.508 e. The van der Waals surface area contributed by atoms with E-state index in [1.54, 1.807) is 13.8 Å². The Morgan fingerprint density at radius 3 is 1.67 bits per heavy atom. The zero-order valence-corrected chi connectivity index (χ0v) is 12.4. The van der Waals surface area contributed by atoms with Gasteiger partial charge in [0.2, 0.25) is 0 Å². The third-order valence-corrected chi connectivity index (χ3v) is 4.11. The Kier molecular flexibility index (Phi) is 5.47. The lowest BCUT2D eigenvalue weighted by Crippen LogP contribution is -2.30. The third kappa shape index (κ3) is 3.89. The maximum atomic E-state index is 11.3.